The number of ether oxygens (including phenoxy) is 1. The summed E-state index contributed by atoms with van der Waals surface area (Å²) < 4.78 is 5.53. The summed E-state index contributed by atoms with van der Waals surface area (Å²) in [6.45, 7) is 0.0808. The van der Waals surface area contributed by atoms with Crippen molar-refractivity contribution in [2.75, 3.05) is 16.3 Å². The molecule has 2 aromatic carbocycles. The molecule has 2 aromatic rings. The number of amides is 3. The van der Waals surface area contributed by atoms with Crippen LogP contribution in [-0.2, 0) is 19.2 Å². The Hall–Kier alpha value is -4.34. The van der Waals surface area contributed by atoms with Crippen molar-refractivity contribution < 1.29 is 28.8 Å². The molecule has 0 unspecified atom stereocenters. The topological polar surface area (TPSA) is 127 Å². The molecule has 2 saturated heterocycles. The van der Waals surface area contributed by atoms with Crippen molar-refractivity contribution in [1.82, 2.24) is 0 Å². The minimum absolute atomic E-state index is 0.0578. The minimum Gasteiger partial charge on any atom is -0.426 e. The third kappa shape index (κ3) is 3.40. The molecule has 3 amide bonds. The quantitative estimate of drug-likeness (QED) is 0.158. The van der Waals surface area contributed by atoms with E-state index in [2.05, 4.69) is 0 Å². The number of allylic oxidation sites excluding steroid dienone is 2. The van der Waals surface area contributed by atoms with Crippen LogP contribution in [0.5, 0.6) is 5.75 Å². The van der Waals surface area contributed by atoms with Crippen molar-refractivity contribution in [3.63, 3.8) is 0 Å². The van der Waals surface area contributed by atoms with E-state index < -0.39 is 16.8 Å². The number of hydrogen-bond acceptors (Lipinski definition) is 7. The molecule has 36 heavy (non-hydrogen) atoms. The molecule has 3 fully saturated rings. The Morgan fingerprint density at radius 2 is 1.61 bits per heavy atom. The first kappa shape index (κ1) is 22.1. The van der Waals surface area contributed by atoms with Gasteiger partial charge in [-0.05, 0) is 42.5 Å². The zero-order chi connectivity index (χ0) is 25.1. The lowest BCUT2D eigenvalue weighted by Gasteiger charge is -2.18. The van der Waals surface area contributed by atoms with Crippen molar-refractivity contribution in [2.24, 2.45) is 29.6 Å². The van der Waals surface area contributed by atoms with Crippen LogP contribution in [0, 0.1) is 39.7 Å². The van der Waals surface area contributed by atoms with E-state index in [1.165, 1.54) is 40.1 Å². The lowest BCUT2D eigenvalue weighted by molar-refractivity contribution is -0.384. The number of esters is 1. The standard InChI is InChI=1S/C26H21N3O7/c30-21-11-16(13-27(21)17-6-8-18(9-7-17)29(34)35)26(33)36-20-3-1-2-19(12-20)28-24(31)22-14-4-5-15(10-14)23(22)25(28)32/h1-9,12,14-16,22-23H,10-11,13H2/t14-,15-,16+,22-,23+/m0/s1. The minimum atomic E-state index is -0.729. The van der Waals surface area contributed by atoms with Gasteiger partial charge >= 0.3 is 5.97 Å². The first-order valence-electron chi connectivity index (χ1n) is 11.7. The van der Waals surface area contributed by atoms with Gasteiger partial charge in [0.05, 0.1) is 28.4 Å². The van der Waals surface area contributed by atoms with E-state index in [0.717, 1.165) is 6.42 Å². The Morgan fingerprint density at radius 3 is 2.25 bits per heavy atom. The van der Waals surface area contributed by atoms with Crippen LogP contribution in [0.3, 0.4) is 0 Å². The predicted octanol–water partition coefficient (Wildman–Crippen LogP) is 2.86. The Labute approximate surface area is 205 Å². The molecule has 6 rings (SSSR count). The Morgan fingerprint density at radius 1 is 0.944 bits per heavy atom. The molecule has 2 aliphatic heterocycles. The van der Waals surface area contributed by atoms with Crippen molar-refractivity contribution in [3.05, 3.63) is 70.8 Å². The highest BCUT2D eigenvalue weighted by Gasteiger charge is 2.59. The molecule has 2 heterocycles. The average molecular weight is 487 g/mol. The van der Waals surface area contributed by atoms with Crippen LogP contribution in [0.1, 0.15) is 12.8 Å². The van der Waals surface area contributed by atoms with Gasteiger partial charge in [-0.3, -0.25) is 29.3 Å². The monoisotopic (exact) mass is 487 g/mol. The normalized spacial score (nSPS) is 28.2. The summed E-state index contributed by atoms with van der Waals surface area (Å²) >= 11 is 0. The Balaban J connectivity index is 1.15. The number of fused-ring (bicyclic) bond motifs is 5. The highest BCUT2D eigenvalue weighted by atomic mass is 16.6. The van der Waals surface area contributed by atoms with Crippen LogP contribution in [0.4, 0.5) is 17.1 Å². The highest BCUT2D eigenvalue weighted by molar-refractivity contribution is 6.22. The van der Waals surface area contributed by atoms with Crippen molar-refractivity contribution in [2.45, 2.75) is 12.8 Å². The van der Waals surface area contributed by atoms with Gasteiger partial charge in [-0.25, -0.2) is 4.90 Å². The third-order valence-corrected chi connectivity index (χ3v) is 7.60. The summed E-state index contributed by atoms with van der Waals surface area (Å²) in [6.07, 6.45) is 4.84. The molecule has 10 heteroatoms. The summed E-state index contributed by atoms with van der Waals surface area (Å²) in [5.41, 5.74) is 0.728. The van der Waals surface area contributed by atoms with Crippen LogP contribution in [0.15, 0.2) is 60.7 Å². The van der Waals surface area contributed by atoms with Gasteiger partial charge in [-0.15, -0.1) is 0 Å². The summed E-state index contributed by atoms with van der Waals surface area (Å²) in [6, 6.07) is 11.8. The number of imide groups is 1. The Kier molecular flexibility index (Phi) is 4.99. The molecule has 2 bridgehead atoms. The van der Waals surface area contributed by atoms with Gasteiger partial charge in [0.15, 0.2) is 0 Å². The number of benzene rings is 2. The van der Waals surface area contributed by atoms with Gasteiger partial charge < -0.3 is 9.64 Å². The Bertz CT molecular complexity index is 1320. The molecule has 0 radical (unpaired) electrons. The van der Waals surface area contributed by atoms with Gasteiger partial charge in [0.2, 0.25) is 17.7 Å². The molecule has 0 N–H and O–H groups in total. The van der Waals surface area contributed by atoms with Crippen LogP contribution in [0.2, 0.25) is 0 Å². The summed E-state index contributed by atoms with van der Waals surface area (Å²) in [5, 5.41) is 10.9. The van der Waals surface area contributed by atoms with Crippen LogP contribution in [-0.4, -0.2) is 35.2 Å². The van der Waals surface area contributed by atoms with Crippen LogP contribution >= 0.6 is 0 Å². The summed E-state index contributed by atoms with van der Waals surface area (Å²) in [4.78, 5) is 64.5. The predicted molar refractivity (Wildman–Crippen MR) is 126 cm³/mol. The number of non-ortho nitro benzene ring substituents is 1. The number of nitrogens with zero attached hydrogens (tertiary/aromatic N) is 3. The van der Waals surface area contributed by atoms with E-state index in [1.54, 1.807) is 18.2 Å². The maximum absolute atomic E-state index is 13.1. The molecule has 0 aromatic heterocycles. The molecular weight excluding hydrogens is 466 g/mol. The van der Waals surface area contributed by atoms with Crippen molar-refractivity contribution in [1.29, 1.82) is 0 Å². The summed E-state index contributed by atoms with van der Waals surface area (Å²) in [5.74, 6) is -2.34. The first-order valence-corrected chi connectivity index (χ1v) is 11.7. The third-order valence-electron chi connectivity index (χ3n) is 7.60. The number of nitro benzene ring substituents is 1. The molecule has 10 nitrogen and oxygen atoms in total. The zero-order valence-corrected chi connectivity index (χ0v) is 19.0. The second kappa shape index (κ2) is 8.11. The van der Waals surface area contributed by atoms with Crippen LogP contribution < -0.4 is 14.5 Å². The van der Waals surface area contributed by atoms with Gasteiger partial charge in [0.25, 0.3) is 5.69 Å². The second-order valence-corrected chi connectivity index (χ2v) is 9.61. The van der Waals surface area contributed by atoms with E-state index in [9.17, 15) is 29.3 Å². The van der Waals surface area contributed by atoms with E-state index in [1.807, 2.05) is 12.2 Å². The molecule has 0 spiro atoms. The first-order chi connectivity index (χ1) is 17.3. The van der Waals surface area contributed by atoms with Gasteiger partial charge in [0.1, 0.15) is 5.75 Å². The number of anilines is 2. The number of hydrogen-bond donors (Lipinski definition) is 0. The lowest BCUT2D eigenvalue weighted by atomic mass is 9.85. The number of rotatable bonds is 5. The largest absolute Gasteiger partial charge is 0.426 e. The van der Waals surface area contributed by atoms with Crippen molar-refractivity contribution >= 4 is 40.8 Å². The maximum atomic E-state index is 13.1. The molecule has 4 aliphatic rings. The number of carbonyl (C=O) groups is 4. The van der Waals surface area contributed by atoms with E-state index in [4.69, 9.17) is 4.74 Å². The fourth-order valence-electron chi connectivity index (χ4n) is 5.91. The molecule has 182 valence electrons. The number of nitro groups is 1. The fraction of sp³-hybridized carbons (Fsp3) is 0.308. The maximum Gasteiger partial charge on any atom is 0.316 e. The van der Waals surface area contributed by atoms with Crippen molar-refractivity contribution in [3.8, 4) is 5.75 Å². The molecule has 2 aliphatic carbocycles. The fourth-order valence-corrected chi connectivity index (χ4v) is 5.91. The molecular formula is C26H21N3O7. The summed E-state index contributed by atoms with van der Waals surface area (Å²) in [7, 11) is 0. The van der Waals surface area contributed by atoms with E-state index >= 15 is 0 Å². The lowest BCUT2D eigenvalue weighted by Crippen LogP contribution is -2.32. The zero-order valence-electron chi connectivity index (χ0n) is 19.0. The van der Waals surface area contributed by atoms with Gasteiger partial charge in [-0.1, -0.05) is 18.2 Å². The van der Waals surface area contributed by atoms with Crippen LogP contribution in [0.25, 0.3) is 0 Å². The van der Waals surface area contributed by atoms with E-state index in [0.29, 0.717) is 11.4 Å². The van der Waals surface area contributed by atoms with Gasteiger partial charge in [0, 0.05) is 36.9 Å². The highest BCUT2D eigenvalue weighted by Crippen LogP contribution is 2.53. The SMILES string of the molecule is O=C(Oc1cccc(N2C(=O)[C@@H]3[C@H](C2=O)[C@H]2C=C[C@H]3C2)c1)[C@@H]1CC(=O)N(c2ccc([N+](=O)[O-])cc2)C1. The van der Waals surface area contributed by atoms with E-state index in [-0.39, 0.29) is 65.8 Å². The average Bonchev–Trinajstić information content (AvgIpc) is 3.63. The van der Waals surface area contributed by atoms with Gasteiger partial charge in [-0.2, -0.15) is 0 Å². The molecule has 5 atom stereocenters. The second-order valence-electron chi connectivity index (χ2n) is 9.61. The smallest absolute Gasteiger partial charge is 0.316 e. The molecule has 1 saturated carbocycles. The number of carbonyl (C=O) groups excluding carboxylic acids is 4.